The first kappa shape index (κ1) is 17.5. The van der Waals surface area contributed by atoms with Gasteiger partial charge in [-0.25, -0.2) is 0 Å². The van der Waals surface area contributed by atoms with Gasteiger partial charge in [-0.15, -0.1) is 0 Å². The summed E-state index contributed by atoms with van der Waals surface area (Å²) < 4.78 is 11.2. The Morgan fingerprint density at radius 2 is 1.61 bits per heavy atom. The van der Waals surface area contributed by atoms with E-state index in [1.807, 2.05) is 12.1 Å². The van der Waals surface area contributed by atoms with Crippen LogP contribution in [0, 0.1) is 0 Å². The van der Waals surface area contributed by atoms with Gasteiger partial charge < -0.3 is 9.47 Å². The van der Waals surface area contributed by atoms with E-state index in [0.29, 0.717) is 0 Å². The molecule has 3 heteroatoms. The molecule has 23 heavy (non-hydrogen) atoms. The molecule has 2 rings (SSSR count). The van der Waals surface area contributed by atoms with Crippen LogP contribution in [0.5, 0.6) is 5.75 Å². The lowest BCUT2D eigenvalue weighted by molar-refractivity contribution is 0.138. The third-order valence-electron chi connectivity index (χ3n) is 3.59. The van der Waals surface area contributed by atoms with Crippen LogP contribution in [0.3, 0.4) is 0 Å². The molecule has 0 radical (unpaired) electrons. The van der Waals surface area contributed by atoms with Gasteiger partial charge >= 0.3 is 0 Å². The van der Waals surface area contributed by atoms with Gasteiger partial charge in [0, 0.05) is 32.3 Å². The molecule has 0 amide bonds. The number of hydrogen-bond acceptors (Lipinski definition) is 3. The Bertz CT molecular complexity index is 569. The minimum Gasteiger partial charge on any atom is -0.491 e. The normalized spacial score (nSPS) is 11.2. The number of hydrogen-bond donors (Lipinski definition) is 0. The van der Waals surface area contributed by atoms with Crippen LogP contribution < -0.4 is 4.74 Å². The van der Waals surface area contributed by atoms with Crippen molar-refractivity contribution < 1.29 is 9.47 Å². The molecule has 0 aliphatic carbocycles. The smallest absolute Gasteiger partial charge is 0.124 e. The third-order valence-corrected chi connectivity index (χ3v) is 3.59. The van der Waals surface area contributed by atoms with Crippen LogP contribution in [-0.4, -0.2) is 31.3 Å². The molecule has 2 aromatic carbocycles. The zero-order valence-corrected chi connectivity index (χ0v) is 14.4. The summed E-state index contributed by atoms with van der Waals surface area (Å²) in [6, 6.07) is 18.8. The number of para-hydroxylation sites is 1. The summed E-state index contributed by atoms with van der Waals surface area (Å²) in [5.74, 6) is 0.970. The lowest BCUT2D eigenvalue weighted by atomic mass is 10.1. The van der Waals surface area contributed by atoms with Crippen molar-refractivity contribution in [2.75, 3.05) is 20.3 Å². The molecule has 0 unspecified atom stereocenters. The molecule has 0 saturated carbocycles. The number of methoxy groups -OCH3 is 1. The van der Waals surface area contributed by atoms with Gasteiger partial charge in [0.05, 0.1) is 12.7 Å². The second-order valence-corrected chi connectivity index (χ2v) is 5.96. The fraction of sp³-hybridized carbons (Fsp3) is 0.400. The third kappa shape index (κ3) is 6.05. The molecule has 0 aliphatic rings. The zero-order chi connectivity index (χ0) is 16.5. The Hall–Kier alpha value is -1.84. The lowest BCUT2D eigenvalue weighted by Gasteiger charge is -2.24. The van der Waals surface area contributed by atoms with Crippen molar-refractivity contribution >= 4 is 0 Å². The van der Waals surface area contributed by atoms with Crippen molar-refractivity contribution in [3.05, 3.63) is 65.7 Å². The highest BCUT2D eigenvalue weighted by Crippen LogP contribution is 2.22. The summed E-state index contributed by atoms with van der Waals surface area (Å²) in [6.45, 7) is 7.48. The molecule has 0 aliphatic heterocycles. The van der Waals surface area contributed by atoms with E-state index in [1.165, 1.54) is 11.1 Å². The number of nitrogens with zero attached hydrogens (tertiary/aromatic N) is 1. The average Bonchev–Trinajstić information content (AvgIpc) is 2.55. The molecular weight excluding hydrogens is 286 g/mol. The van der Waals surface area contributed by atoms with E-state index in [-0.39, 0.29) is 6.10 Å². The summed E-state index contributed by atoms with van der Waals surface area (Å²) in [5, 5.41) is 0. The first-order valence-corrected chi connectivity index (χ1v) is 8.19. The highest BCUT2D eigenvalue weighted by molar-refractivity contribution is 5.33. The standard InChI is InChI=1S/C20H27NO2/c1-17(2)23-20-12-8-7-11-19(20)16-21(13-14-22-3)15-18-9-5-4-6-10-18/h4-12,17H,13-16H2,1-3H3. The van der Waals surface area contributed by atoms with Crippen molar-refractivity contribution in [2.45, 2.75) is 33.0 Å². The molecule has 0 N–H and O–H groups in total. The maximum Gasteiger partial charge on any atom is 0.124 e. The highest BCUT2D eigenvalue weighted by atomic mass is 16.5. The quantitative estimate of drug-likeness (QED) is 0.695. The van der Waals surface area contributed by atoms with E-state index < -0.39 is 0 Å². The largest absolute Gasteiger partial charge is 0.491 e. The van der Waals surface area contributed by atoms with Gasteiger partial charge in [-0.3, -0.25) is 4.90 Å². The molecule has 0 atom stereocenters. The van der Waals surface area contributed by atoms with E-state index >= 15 is 0 Å². The molecule has 0 bridgehead atoms. The molecule has 0 aromatic heterocycles. The van der Waals surface area contributed by atoms with Crippen molar-refractivity contribution in [2.24, 2.45) is 0 Å². The molecule has 3 nitrogen and oxygen atoms in total. The molecule has 0 fully saturated rings. The SMILES string of the molecule is COCCN(Cc1ccccc1)Cc1ccccc1OC(C)C. The van der Waals surface area contributed by atoms with E-state index in [9.17, 15) is 0 Å². The van der Waals surface area contributed by atoms with Crippen molar-refractivity contribution in [3.63, 3.8) is 0 Å². The predicted molar refractivity (Wildman–Crippen MR) is 94.6 cm³/mol. The fourth-order valence-corrected chi connectivity index (χ4v) is 2.52. The van der Waals surface area contributed by atoms with Gasteiger partial charge in [0.2, 0.25) is 0 Å². The Labute approximate surface area is 139 Å². The summed E-state index contributed by atoms with van der Waals surface area (Å²) in [5.41, 5.74) is 2.53. The van der Waals surface area contributed by atoms with E-state index in [0.717, 1.165) is 32.0 Å². The van der Waals surface area contributed by atoms with Crippen LogP contribution in [0.4, 0.5) is 0 Å². The minimum atomic E-state index is 0.178. The molecule has 0 heterocycles. The topological polar surface area (TPSA) is 21.7 Å². The Balaban J connectivity index is 2.11. The van der Waals surface area contributed by atoms with E-state index in [2.05, 4.69) is 61.2 Å². The molecule has 124 valence electrons. The van der Waals surface area contributed by atoms with Crippen LogP contribution in [0.15, 0.2) is 54.6 Å². The summed E-state index contributed by atoms with van der Waals surface area (Å²) in [7, 11) is 1.75. The second kappa shape index (κ2) is 9.33. The fourth-order valence-electron chi connectivity index (χ4n) is 2.52. The minimum absolute atomic E-state index is 0.178. The predicted octanol–water partition coefficient (Wildman–Crippen LogP) is 4.12. The number of ether oxygens (including phenoxy) is 2. The Morgan fingerprint density at radius 1 is 0.913 bits per heavy atom. The summed E-state index contributed by atoms with van der Waals surface area (Å²) >= 11 is 0. The number of benzene rings is 2. The highest BCUT2D eigenvalue weighted by Gasteiger charge is 2.11. The van der Waals surface area contributed by atoms with Gasteiger partial charge in [-0.2, -0.15) is 0 Å². The second-order valence-electron chi connectivity index (χ2n) is 5.96. The first-order chi connectivity index (χ1) is 11.2. The molecular formula is C20H27NO2. The maximum absolute atomic E-state index is 5.94. The average molecular weight is 313 g/mol. The van der Waals surface area contributed by atoms with Gasteiger partial charge in [0.1, 0.15) is 5.75 Å². The van der Waals surface area contributed by atoms with Crippen LogP contribution in [0.2, 0.25) is 0 Å². The van der Waals surface area contributed by atoms with Gasteiger partial charge in [0.25, 0.3) is 0 Å². The molecule has 0 saturated heterocycles. The molecule has 2 aromatic rings. The Kier molecular flexibility index (Phi) is 7.11. The van der Waals surface area contributed by atoms with Gasteiger partial charge in [-0.1, -0.05) is 48.5 Å². The zero-order valence-electron chi connectivity index (χ0n) is 14.4. The Morgan fingerprint density at radius 3 is 2.30 bits per heavy atom. The van der Waals surface area contributed by atoms with Crippen LogP contribution in [0.1, 0.15) is 25.0 Å². The van der Waals surface area contributed by atoms with Crippen LogP contribution >= 0.6 is 0 Å². The van der Waals surface area contributed by atoms with Crippen molar-refractivity contribution in [3.8, 4) is 5.75 Å². The van der Waals surface area contributed by atoms with E-state index in [1.54, 1.807) is 7.11 Å². The molecule has 0 spiro atoms. The number of rotatable bonds is 9. The lowest BCUT2D eigenvalue weighted by Crippen LogP contribution is -2.27. The van der Waals surface area contributed by atoms with E-state index in [4.69, 9.17) is 9.47 Å². The van der Waals surface area contributed by atoms with Gasteiger partial charge in [-0.05, 0) is 25.5 Å². The van der Waals surface area contributed by atoms with Crippen LogP contribution in [0.25, 0.3) is 0 Å². The monoisotopic (exact) mass is 313 g/mol. The van der Waals surface area contributed by atoms with Crippen molar-refractivity contribution in [1.82, 2.24) is 4.90 Å². The first-order valence-electron chi connectivity index (χ1n) is 8.19. The van der Waals surface area contributed by atoms with Gasteiger partial charge in [0.15, 0.2) is 0 Å². The maximum atomic E-state index is 5.94. The van der Waals surface area contributed by atoms with Crippen molar-refractivity contribution in [1.29, 1.82) is 0 Å². The summed E-state index contributed by atoms with van der Waals surface area (Å²) in [4.78, 5) is 2.39. The summed E-state index contributed by atoms with van der Waals surface area (Å²) in [6.07, 6.45) is 0.178. The van der Waals surface area contributed by atoms with Crippen LogP contribution in [-0.2, 0) is 17.8 Å².